The maximum absolute atomic E-state index is 5.27. The molecule has 4 aromatic rings. The summed E-state index contributed by atoms with van der Waals surface area (Å²) in [6, 6.07) is 23.4. The second-order valence-corrected chi connectivity index (χ2v) is 6.46. The molecule has 1 heterocycles. The number of hydrogen-bond acceptors (Lipinski definition) is 1. The molecule has 0 amide bonds. The van der Waals surface area contributed by atoms with Crippen LogP contribution in [-0.2, 0) is 0 Å². The van der Waals surface area contributed by atoms with Crippen LogP contribution < -0.4 is 4.74 Å². The van der Waals surface area contributed by atoms with E-state index < -0.39 is 0 Å². The van der Waals surface area contributed by atoms with Crippen molar-refractivity contribution >= 4 is 44.4 Å². The van der Waals surface area contributed by atoms with Gasteiger partial charge in [-0.15, -0.1) is 0 Å². The number of benzene rings is 3. The lowest BCUT2D eigenvalue weighted by atomic mass is 10.2. The van der Waals surface area contributed by atoms with Crippen molar-refractivity contribution in [1.82, 2.24) is 4.57 Å². The zero-order valence-corrected chi connectivity index (χ0v) is 14.2. The highest BCUT2D eigenvalue weighted by atomic mass is 127. The molecular weight excluding hydrogens is 385 g/mol. The summed E-state index contributed by atoms with van der Waals surface area (Å²) in [5, 5.41) is 2.57. The van der Waals surface area contributed by atoms with Gasteiger partial charge in [-0.25, -0.2) is 0 Å². The molecule has 0 aliphatic heterocycles. The fraction of sp³-hybridized carbons (Fsp3) is 0.0526. The van der Waals surface area contributed by atoms with Gasteiger partial charge in [0.05, 0.1) is 18.1 Å². The molecule has 0 radical (unpaired) electrons. The largest absolute Gasteiger partial charge is 0.497 e. The monoisotopic (exact) mass is 399 g/mol. The van der Waals surface area contributed by atoms with E-state index in [0.717, 1.165) is 11.4 Å². The number of ether oxygens (including phenoxy) is 1. The van der Waals surface area contributed by atoms with Crippen molar-refractivity contribution in [2.24, 2.45) is 0 Å². The summed E-state index contributed by atoms with van der Waals surface area (Å²) in [7, 11) is 1.69. The lowest BCUT2D eigenvalue weighted by Crippen LogP contribution is -1.93. The Morgan fingerprint density at radius 1 is 0.818 bits per heavy atom. The fourth-order valence-electron chi connectivity index (χ4n) is 2.95. The van der Waals surface area contributed by atoms with E-state index in [1.807, 2.05) is 12.1 Å². The average Bonchev–Trinajstić information content (AvgIpc) is 2.89. The lowest BCUT2D eigenvalue weighted by molar-refractivity contribution is 0.415. The summed E-state index contributed by atoms with van der Waals surface area (Å²) in [6.45, 7) is 0. The first-order valence-corrected chi connectivity index (χ1v) is 8.19. The topological polar surface area (TPSA) is 14.2 Å². The Bertz CT molecular complexity index is 970. The zero-order chi connectivity index (χ0) is 15.1. The van der Waals surface area contributed by atoms with Gasteiger partial charge in [0.2, 0.25) is 0 Å². The summed E-state index contributed by atoms with van der Waals surface area (Å²) < 4.78 is 8.83. The SMILES string of the molecule is COc1ccc(-n2c3ccccc3c3cc(I)ccc32)cc1. The molecule has 0 aliphatic rings. The van der Waals surface area contributed by atoms with E-state index in [9.17, 15) is 0 Å². The number of fused-ring (bicyclic) bond motifs is 3. The molecule has 0 fully saturated rings. The van der Waals surface area contributed by atoms with Gasteiger partial charge < -0.3 is 9.30 Å². The van der Waals surface area contributed by atoms with Gasteiger partial charge >= 0.3 is 0 Å². The number of hydrogen-bond donors (Lipinski definition) is 0. The molecule has 0 saturated heterocycles. The Labute approximate surface area is 142 Å². The van der Waals surface area contributed by atoms with Crippen LogP contribution in [0.3, 0.4) is 0 Å². The van der Waals surface area contributed by atoms with E-state index in [-0.39, 0.29) is 0 Å². The molecular formula is C19H14INO. The van der Waals surface area contributed by atoms with Gasteiger partial charge in [-0.05, 0) is 71.1 Å². The summed E-state index contributed by atoms with van der Waals surface area (Å²) in [5.74, 6) is 0.874. The maximum Gasteiger partial charge on any atom is 0.119 e. The zero-order valence-electron chi connectivity index (χ0n) is 12.1. The van der Waals surface area contributed by atoms with Crippen molar-refractivity contribution in [2.45, 2.75) is 0 Å². The highest BCUT2D eigenvalue weighted by Gasteiger charge is 2.11. The number of aromatic nitrogens is 1. The molecule has 1 aromatic heterocycles. The maximum atomic E-state index is 5.27. The number of nitrogens with zero attached hydrogens (tertiary/aromatic N) is 1. The quantitative estimate of drug-likeness (QED) is 0.412. The molecule has 3 heteroatoms. The van der Waals surface area contributed by atoms with Gasteiger partial charge in [0.1, 0.15) is 5.75 Å². The first-order valence-electron chi connectivity index (χ1n) is 7.11. The van der Waals surface area contributed by atoms with Gasteiger partial charge in [0.15, 0.2) is 0 Å². The molecule has 0 atom stereocenters. The molecule has 0 saturated carbocycles. The van der Waals surface area contributed by atoms with Gasteiger partial charge in [-0.2, -0.15) is 0 Å². The summed E-state index contributed by atoms with van der Waals surface area (Å²) in [4.78, 5) is 0. The molecule has 0 spiro atoms. The summed E-state index contributed by atoms with van der Waals surface area (Å²) in [6.07, 6.45) is 0. The van der Waals surface area contributed by atoms with Crippen LogP contribution in [0.1, 0.15) is 0 Å². The van der Waals surface area contributed by atoms with E-state index in [2.05, 4.69) is 81.8 Å². The third-order valence-electron chi connectivity index (χ3n) is 3.97. The van der Waals surface area contributed by atoms with Crippen LogP contribution in [-0.4, -0.2) is 11.7 Å². The first kappa shape index (κ1) is 13.6. The smallest absolute Gasteiger partial charge is 0.119 e. The average molecular weight is 399 g/mol. The van der Waals surface area contributed by atoms with Crippen molar-refractivity contribution in [1.29, 1.82) is 0 Å². The second kappa shape index (κ2) is 5.32. The van der Waals surface area contributed by atoms with Crippen LogP contribution in [0.2, 0.25) is 0 Å². The number of rotatable bonds is 2. The van der Waals surface area contributed by atoms with E-state index in [1.165, 1.54) is 25.4 Å². The minimum atomic E-state index is 0.874. The van der Waals surface area contributed by atoms with Crippen molar-refractivity contribution in [2.75, 3.05) is 7.11 Å². The molecule has 0 N–H and O–H groups in total. The Kier molecular flexibility index (Phi) is 3.30. The summed E-state index contributed by atoms with van der Waals surface area (Å²) in [5.41, 5.74) is 3.60. The van der Waals surface area contributed by atoms with E-state index in [0.29, 0.717) is 0 Å². The van der Waals surface area contributed by atoms with Crippen LogP contribution in [0.15, 0.2) is 66.7 Å². The minimum Gasteiger partial charge on any atom is -0.497 e. The van der Waals surface area contributed by atoms with Crippen LogP contribution in [0.25, 0.3) is 27.5 Å². The van der Waals surface area contributed by atoms with Crippen LogP contribution >= 0.6 is 22.6 Å². The Morgan fingerprint density at radius 2 is 1.55 bits per heavy atom. The van der Waals surface area contributed by atoms with Crippen LogP contribution in [0.4, 0.5) is 0 Å². The predicted molar refractivity (Wildman–Crippen MR) is 100 cm³/mol. The molecule has 108 valence electrons. The normalized spacial score (nSPS) is 11.2. The second-order valence-electron chi connectivity index (χ2n) is 5.21. The van der Waals surface area contributed by atoms with E-state index in [4.69, 9.17) is 4.74 Å². The van der Waals surface area contributed by atoms with Crippen molar-refractivity contribution in [3.05, 3.63) is 70.3 Å². The molecule has 22 heavy (non-hydrogen) atoms. The van der Waals surface area contributed by atoms with E-state index >= 15 is 0 Å². The number of para-hydroxylation sites is 1. The highest BCUT2D eigenvalue weighted by Crippen LogP contribution is 2.33. The van der Waals surface area contributed by atoms with Crippen LogP contribution in [0.5, 0.6) is 5.75 Å². The third-order valence-corrected chi connectivity index (χ3v) is 4.64. The number of halogens is 1. The van der Waals surface area contributed by atoms with Crippen molar-refractivity contribution in [3.8, 4) is 11.4 Å². The molecule has 0 aliphatic carbocycles. The highest BCUT2D eigenvalue weighted by molar-refractivity contribution is 14.1. The molecule has 3 aromatic carbocycles. The van der Waals surface area contributed by atoms with Gasteiger partial charge in [-0.1, -0.05) is 18.2 Å². The Hall–Kier alpha value is -2.01. The molecule has 0 bridgehead atoms. The van der Waals surface area contributed by atoms with Gasteiger partial charge in [-0.3, -0.25) is 0 Å². The minimum absolute atomic E-state index is 0.874. The lowest BCUT2D eigenvalue weighted by Gasteiger charge is -2.08. The summed E-state index contributed by atoms with van der Waals surface area (Å²) >= 11 is 2.37. The van der Waals surface area contributed by atoms with Crippen molar-refractivity contribution in [3.63, 3.8) is 0 Å². The Balaban J connectivity index is 2.09. The van der Waals surface area contributed by atoms with Crippen molar-refractivity contribution < 1.29 is 4.74 Å². The predicted octanol–water partition coefficient (Wildman–Crippen LogP) is 5.40. The third kappa shape index (κ3) is 2.08. The Morgan fingerprint density at radius 3 is 2.32 bits per heavy atom. The molecule has 4 rings (SSSR count). The first-order chi connectivity index (χ1) is 10.8. The van der Waals surface area contributed by atoms with E-state index in [1.54, 1.807) is 7.11 Å². The standard InChI is InChI=1S/C19H14INO/c1-22-15-9-7-14(8-10-15)21-18-5-3-2-4-16(18)17-12-13(20)6-11-19(17)21/h2-12H,1H3. The molecule has 0 unspecified atom stereocenters. The molecule has 2 nitrogen and oxygen atoms in total. The fourth-order valence-corrected chi connectivity index (χ4v) is 3.45. The van der Waals surface area contributed by atoms with Crippen LogP contribution in [0, 0.1) is 3.57 Å². The number of methoxy groups -OCH3 is 1. The van der Waals surface area contributed by atoms with Gasteiger partial charge in [0.25, 0.3) is 0 Å². The van der Waals surface area contributed by atoms with Gasteiger partial charge in [0, 0.05) is 20.0 Å².